The number of halogens is 1. The third-order valence-corrected chi connectivity index (χ3v) is 3.86. The molecule has 1 aliphatic heterocycles. The highest BCUT2D eigenvalue weighted by molar-refractivity contribution is 9.10. The van der Waals surface area contributed by atoms with Crippen molar-refractivity contribution in [3.8, 4) is 0 Å². The van der Waals surface area contributed by atoms with Crippen molar-refractivity contribution in [1.29, 1.82) is 0 Å². The predicted molar refractivity (Wildman–Crippen MR) is 93.7 cm³/mol. The Morgan fingerprint density at radius 2 is 2.09 bits per heavy atom. The molecule has 1 N–H and O–H groups in total. The molecule has 1 fully saturated rings. The number of nitrogens with one attached hydrogen (secondary N) is 1. The van der Waals surface area contributed by atoms with E-state index in [0.717, 1.165) is 47.6 Å². The first-order valence-electron chi connectivity index (χ1n) is 7.48. The van der Waals surface area contributed by atoms with Crippen LogP contribution in [-0.2, 0) is 14.3 Å². The van der Waals surface area contributed by atoms with E-state index in [1.165, 1.54) is 0 Å². The van der Waals surface area contributed by atoms with E-state index in [-0.39, 0.29) is 5.60 Å². The Hall–Kier alpha value is -1.60. The van der Waals surface area contributed by atoms with Gasteiger partial charge in [-0.3, -0.25) is 4.79 Å². The van der Waals surface area contributed by atoms with Gasteiger partial charge in [0.25, 0.3) is 6.47 Å². The monoisotopic (exact) mass is 383 g/mol. The Morgan fingerprint density at radius 3 is 2.65 bits per heavy atom. The molecule has 1 saturated heterocycles. The van der Waals surface area contributed by atoms with Crippen LogP contribution in [0.25, 0.3) is 11.0 Å². The molecular weight excluding hydrogens is 362 g/mol. The summed E-state index contributed by atoms with van der Waals surface area (Å²) in [6.07, 6.45) is 1.91. The molecule has 0 unspecified atom stereocenters. The Bertz CT molecular complexity index is 646. The molecule has 6 nitrogen and oxygen atoms in total. The van der Waals surface area contributed by atoms with E-state index in [4.69, 9.17) is 4.74 Å². The average molecular weight is 384 g/mol. The number of carbonyl (C=O) groups is 1. The van der Waals surface area contributed by atoms with E-state index < -0.39 is 0 Å². The van der Waals surface area contributed by atoms with Crippen LogP contribution in [0.15, 0.2) is 22.8 Å². The fourth-order valence-corrected chi connectivity index (χ4v) is 2.61. The van der Waals surface area contributed by atoms with Crippen molar-refractivity contribution in [2.45, 2.75) is 26.4 Å². The highest BCUT2D eigenvalue weighted by atomic mass is 79.9. The van der Waals surface area contributed by atoms with Gasteiger partial charge in [0.15, 0.2) is 0 Å². The minimum Gasteiger partial charge on any atom is -0.462 e. The second-order valence-corrected chi connectivity index (χ2v) is 6.98. The summed E-state index contributed by atoms with van der Waals surface area (Å²) in [6, 6.07) is 4.09. The molecule has 2 aromatic heterocycles. The number of pyridine rings is 1. The Kier molecular flexibility index (Phi) is 6.01. The van der Waals surface area contributed by atoms with Gasteiger partial charge in [0, 0.05) is 29.1 Å². The summed E-state index contributed by atoms with van der Waals surface area (Å²) in [6.45, 7) is 9.30. The van der Waals surface area contributed by atoms with Crippen LogP contribution in [0.4, 0.5) is 5.82 Å². The number of nitrogens with zero attached hydrogens (tertiary/aromatic N) is 2. The van der Waals surface area contributed by atoms with Crippen LogP contribution >= 0.6 is 15.9 Å². The van der Waals surface area contributed by atoms with Gasteiger partial charge in [-0.05, 0) is 48.8 Å². The van der Waals surface area contributed by atoms with E-state index in [1.54, 1.807) is 0 Å². The minimum absolute atomic E-state index is 0.318. The standard InChI is InChI=1S/C11H12BrN3O.C5H10O2/c12-9-7-10(15-3-5-16-6-4-15)14-11-8(9)1-2-13-11;1-5(2,3)7-4-6/h1-2,7H,3-6H2,(H,13,14);4H,1-3H3. The van der Waals surface area contributed by atoms with Gasteiger partial charge < -0.3 is 19.4 Å². The van der Waals surface area contributed by atoms with E-state index >= 15 is 0 Å². The number of hydrogen-bond donors (Lipinski definition) is 1. The number of hydrogen-bond acceptors (Lipinski definition) is 5. The van der Waals surface area contributed by atoms with Crippen molar-refractivity contribution in [1.82, 2.24) is 9.97 Å². The van der Waals surface area contributed by atoms with Crippen LogP contribution in [0, 0.1) is 0 Å². The molecule has 0 aliphatic carbocycles. The van der Waals surface area contributed by atoms with Crippen LogP contribution in [0.3, 0.4) is 0 Å². The van der Waals surface area contributed by atoms with Gasteiger partial charge in [0.2, 0.25) is 0 Å². The zero-order valence-electron chi connectivity index (χ0n) is 13.6. The Morgan fingerprint density at radius 1 is 1.39 bits per heavy atom. The molecular formula is C16H22BrN3O3. The van der Waals surface area contributed by atoms with Crippen LogP contribution in [0.2, 0.25) is 0 Å². The van der Waals surface area contributed by atoms with Gasteiger partial charge in [0.1, 0.15) is 17.1 Å². The predicted octanol–water partition coefficient (Wildman–Crippen LogP) is 3.12. The van der Waals surface area contributed by atoms with Crippen molar-refractivity contribution < 1.29 is 14.3 Å². The summed E-state index contributed by atoms with van der Waals surface area (Å²) in [4.78, 5) is 19.6. The Balaban J connectivity index is 0.000000236. The van der Waals surface area contributed by atoms with E-state index in [2.05, 4.69) is 41.6 Å². The minimum atomic E-state index is -0.318. The lowest BCUT2D eigenvalue weighted by atomic mass is 10.2. The maximum Gasteiger partial charge on any atom is 0.293 e. The van der Waals surface area contributed by atoms with Crippen molar-refractivity contribution in [2.75, 3.05) is 31.2 Å². The summed E-state index contributed by atoms with van der Waals surface area (Å²) in [5.74, 6) is 1.00. The number of aromatic amines is 1. The Labute approximate surface area is 144 Å². The summed E-state index contributed by atoms with van der Waals surface area (Å²) in [7, 11) is 0. The molecule has 0 radical (unpaired) electrons. The van der Waals surface area contributed by atoms with E-state index in [1.807, 2.05) is 33.0 Å². The number of ether oxygens (including phenoxy) is 2. The molecule has 0 atom stereocenters. The van der Waals surface area contributed by atoms with Crippen LogP contribution < -0.4 is 4.90 Å². The number of morpholine rings is 1. The number of rotatable bonds is 2. The maximum absolute atomic E-state index is 9.60. The second-order valence-electron chi connectivity index (χ2n) is 6.13. The zero-order chi connectivity index (χ0) is 16.9. The highest BCUT2D eigenvalue weighted by Gasteiger charge is 2.14. The summed E-state index contributed by atoms with van der Waals surface area (Å²) < 4.78 is 11.0. The van der Waals surface area contributed by atoms with Crippen molar-refractivity contribution in [3.05, 3.63) is 22.8 Å². The first kappa shape index (κ1) is 17.7. The third-order valence-electron chi connectivity index (χ3n) is 3.20. The van der Waals surface area contributed by atoms with E-state index in [9.17, 15) is 4.79 Å². The van der Waals surface area contributed by atoms with Crippen LogP contribution in [0.5, 0.6) is 0 Å². The zero-order valence-corrected chi connectivity index (χ0v) is 15.2. The topological polar surface area (TPSA) is 67.4 Å². The highest BCUT2D eigenvalue weighted by Crippen LogP contribution is 2.26. The molecule has 0 aromatic carbocycles. The number of aromatic nitrogens is 2. The molecule has 126 valence electrons. The van der Waals surface area contributed by atoms with Gasteiger partial charge in [-0.1, -0.05) is 0 Å². The number of anilines is 1. The molecule has 7 heteroatoms. The number of carbonyl (C=O) groups excluding carboxylic acids is 1. The molecule has 1 aliphatic rings. The summed E-state index contributed by atoms with van der Waals surface area (Å²) in [5.41, 5.74) is 0.609. The maximum atomic E-state index is 9.60. The molecule has 3 heterocycles. The van der Waals surface area contributed by atoms with Gasteiger partial charge in [-0.2, -0.15) is 0 Å². The molecule has 0 saturated carbocycles. The van der Waals surface area contributed by atoms with Crippen molar-refractivity contribution >= 4 is 39.3 Å². The average Bonchev–Trinajstić information content (AvgIpc) is 2.96. The van der Waals surface area contributed by atoms with Gasteiger partial charge in [-0.15, -0.1) is 0 Å². The number of fused-ring (bicyclic) bond motifs is 1. The number of H-pyrrole nitrogens is 1. The fourth-order valence-electron chi connectivity index (χ4n) is 2.08. The SMILES string of the molecule is Brc1cc(N2CCOCC2)nc2[nH]ccc12.CC(C)(C)OC=O. The lowest BCUT2D eigenvalue weighted by Gasteiger charge is -2.27. The van der Waals surface area contributed by atoms with Gasteiger partial charge >= 0.3 is 0 Å². The smallest absolute Gasteiger partial charge is 0.293 e. The molecule has 0 bridgehead atoms. The van der Waals surface area contributed by atoms with Gasteiger partial charge in [0.05, 0.1) is 13.2 Å². The first-order chi connectivity index (χ1) is 10.9. The molecule has 2 aromatic rings. The molecule has 3 rings (SSSR count). The molecule has 23 heavy (non-hydrogen) atoms. The van der Waals surface area contributed by atoms with Crippen molar-refractivity contribution in [2.24, 2.45) is 0 Å². The normalized spacial score (nSPS) is 15.0. The third kappa shape index (κ3) is 5.21. The first-order valence-corrected chi connectivity index (χ1v) is 8.28. The molecule has 0 spiro atoms. The van der Waals surface area contributed by atoms with Crippen LogP contribution in [0.1, 0.15) is 20.8 Å². The van der Waals surface area contributed by atoms with Crippen molar-refractivity contribution in [3.63, 3.8) is 0 Å². The summed E-state index contributed by atoms with van der Waals surface area (Å²) >= 11 is 3.58. The van der Waals surface area contributed by atoms with Crippen LogP contribution in [-0.4, -0.2) is 48.3 Å². The fraction of sp³-hybridized carbons (Fsp3) is 0.500. The lowest BCUT2D eigenvalue weighted by Crippen LogP contribution is -2.36. The lowest BCUT2D eigenvalue weighted by molar-refractivity contribution is -0.138. The van der Waals surface area contributed by atoms with E-state index in [0.29, 0.717) is 6.47 Å². The quantitative estimate of drug-likeness (QED) is 0.806. The molecule has 0 amide bonds. The second kappa shape index (κ2) is 7.79. The summed E-state index contributed by atoms with van der Waals surface area (Å²) in [5, 5.41) is 1.12. The van der Waals surface area contributed by atoms with Gasteiger partial charge in [-0.25, -0.2) is 4.98 Å². The largest absolute Gasteiger partial charge is 0.462 e.